The molecule has 1 fully saturated rings. The molecule has 0 bridgehead atoms. The SMILES string of the molecule is CCOC(=O)c1nnn(Cc2ccc(OC)cc2)c1Sc1ccc(-c2cccc(C3CCCCC3)c2)cc1. The topological polar surface area (TPSA) is 66.2 Å². The van der Waals surface area contributed by atoms with E-state index in [2.05, 4.69) is 58.8 Å². The molecule has 0 saturated heterocycles. The molecule has 1 heterocycles. The van der Waals surface area contributed by atoms with Crippen LogP contribution >= 0.6 is 11.8 Å². The molecule has 5 rings (SSSR count). The summed E-state index contributed by atoms with van der Waals surface area (Å²) in [5.41, 5.74) is 5.13. The van der Waals surface area contributed by atoms with E-state index in [1.165, 1.54) is 60.6 Å². The molecule has 7 heteroatoms. The van der Waals surface area contributed by atoms with Crippen molar-refractivity contribution in [3.8, 4) is 16.9 Å². The third kappa shape index (κ3) is 6.10. The van der Waals surface area contributed by atoms with Gasteiger partial charge in [0.2, 0.25) is 5.69 Å². The first-order valence-corrected chi connectivity index (χ1v) is 14.1. The van der Waals surface area contributed by atoms with Crippen LogP contribution in [0.3, 0.4) is 0 Å². The Labute approximate surface area is 228 Å². The number of benzene rings is 3. The number of esters is 1. The van der Waals surface area contributed by atoms with Crippen molar-refractivity contribution < 1.29 is 14.3 Å². The average Bonchev–Trinajstić information content (AvgIpc) is 3.36. The van der Waals surface area contributed by atoms with E-state index in [0.717, 1.165) is 16.2 Å². The van der Waals surface area contributed by atoms with Gasteiger partial charge in [0.15, 0.2) is 0 Å². The highest BCUT2D eigenvalue weighted by molar-refractivity contribution is 7.99. The molecule has 0 amide bonds. The van der Waals surface area contributed by atoms with Gasteiger partial charge in [-0.15, -0.1) is 5.10 Å². The van der Waals surface area contributed by atoms with Crippen molar-refractivity contribution in [1.29, 1.82) is 0 Å². The van der Waals surface area contributed by atoms with Crippen molar-refractivity contribution in [3.05, 3.63) is 89.6 Å². The molecule has 1 aromatic heterocycles. The highest BCUT2D eigenvalue weighted by atomic mass is 32.2. The normalized spacial score (nSPS) is 13.8. The van der Waals surface area contributed by atoms with Gasteiger partial charge in [-0.1, -0.05) is 84.8 Å². The Kier molecular flexibility index (Phi) is 8.44. The van der Waals surface area contributed by atoms with Crippen LogP contribution in [-0.4, -0.2) is 34.7 Å². The van der Waals surface area contributed by atoms with Crippen molar-refractivity contribution in [2.45, 2.75) is 61.4 Å². The molecule has 1 aliphatic carbocycles. The van der Waals surface area contributed by atoms with E-state index in [-0.39, 0.29) is 12.3 Å². The van der Waals surface area contributed by atoms with Gasteiger partial charge in [-0.2, -0.15) is 0 Å². The molecule has 0 atom stereocenters. The first kappa shape index (κ1) is 26.0. The molecule has 4 aromatic rings. The van der Waals surface area contributed by atoms with Gasteiger partial charge < -0.3 is 9.47 Å². The lowest BCUT2D eigenvalue weighted by Crippen LogP contribution is -2.08. The second kappa shape index (κ2) is 12.3. The summed E-state index contributed by atoms with van der Waals surface area (Å²) in [6, 6.07) is 25.2. The second-order valence-corrected chi connectivity index (χ2v) is 10.6. The van der Waals surface area contributed by atoms with Crippen LogP contribution < -0.4 is 4.74 Å². The lowest BCUT2D eigenvalue weighted by molar-refractivity contribution is 0.0515. The van der Waals surface area contributed by atoms with Gasteiger partial charge in [0.05, 0.1) is 20.3 Å². The molecule has 6 nitrogen and oxygen atoms in total. The quantitative estimate of drug-likeness (QED) is 0.212. The van der Waals surface area contributed by atoms with Crippen LogP contribution in [0.1, 0.15) is 66.6 Å². The zero-order valence-corrected chi connectivity index (χ0v) is 22.7. The van der Waals surface area contributed by atoms with Crippen LogP contribution in [0.2, 0.25) is 0 Å². The van der Waals surface area contributed by atoms with Crippen molar-refractivity contribution in [3.63, 3.8) is 0 Å². The fraction of sp³-hybridized carbons (Fsp3) is 0.323. The summed E-state index contributed by atoms with van der Waals surface area (Å²) in [7, 11) is 1.64. The van der Waals surface area contributed by atoms with E-state index in [1.54, 1.807) is 18.7 Å². The third-order valence-corrected chi connectivity index (χ3v) is 8.12. The van der Waals surface area contributed by atoms with E-state index >= 15 is 0 Å². The number of rotatable bonds is 9. The van der Waals surface area contributed by atoms with E-state index in [9.17, 15) is 4.79 Å². The first-order valence-electron chi connectivity index (χ1n) is 13.3. The lowest BCUT2D eigenvalue weighted by atomic mass is 9.83. The summed E-state index contributed by atoms with van der Waals surface area (Å²) < 4.78 is 12.3. The molecule has 196 valence electrons. The number of carbonyl (C=O) groups is 1. The molecule has 0 N–H and O–H groups in total. The number of hydrogen-bond donors (Lipinski definition) is 0. The van der Waals surface area contributed by atoms with E-state index in [4.69, 9.17) is 9.47 Å². The highest BCUT2D eigenvalue weighted by Gasteiger charge is 2.22. The summed E-state index contributed by atoms with van der Waals surface area (Å²) in [6.07, 6.45) is 6.61. The van der Waals surface area contributed by atoms with E-state index < -0.39 is 5.97 Å². The van der Waals surface area contributed by atoms with Crippen LogP contribution in [0.25, 0.3) is 11.1 Å². The number of carbonyl (C=O) groups excluding carboxylic acids is 1. The maximum absolute atomic E-state index is 12.6. The van der Waals surface area contributed by atoms with E-state index in [0.29, 0.717) is 17.5 Å². The Bertz CT molecular complexity index is 1360. The average molecular weight is 528 g/mol. The first-order chi connectivity index (χ1) is 18.6. The van der Waals surface area contributed by atoms with Gasteiger partial charge in [0.25, 0.3) is 0 Å². The summed E-state index contributed by atoms with van der Waals surface area (Å²) >= 11 is 1.47. The van der Waals surface area contributed by atoms with Gasteiger partial charge in [-0.05, 0) is 72.2 Å². The van der Waals surface area contributed by atoms with Crippen LogP contribution in [0.15, 0.2) is 82.7 Å². The Morgan fingerprint density at radius 3 is 2.45 bits per heavy atom. The van der Waals surface area contributed by atoms with Crippen molar-refractivity contribution in [2.75, 3.05) is 13.7 Å². The second-order valence-electron chi connectivity index (χ2n) is 9.56. The standard InChI is InChI=1S/C31H33N3O3S/c1-3-37-31(35)29-30(34(33-32-29)21-22-12-16-27(36-2)17-13-22)38-28-18-14-24(15-19-28)26-11-7-10-25(20-26)23-8-5-4-6-9-23/h7,10-20,23H,3-6,8-9,21H2,1-2H3. The minimum atomic E-state index is -0.466. The molecule has 0 radical (unpaired) electrons. The fourth-order valence-electron chi connectivity index (χ4n) is 4.98. The van der Waals surface area contributed by atoms with Crippen LogP contribution in [0, 0.1) is 0 Å². The Morgan fingerprint density at radius 2 is 1.74 bits per heavy atom. The molecule has 1 saturated carbocycles. The maximum Gasteiger partial charge on any atom is 0.361 e. The Balaban J connectivity index is 1.37. The summed E-state index contributed by atoms with van der Waals surface area (Å²) in [4.78, 5) is 13.6. The van der Waals surface area contributed by atoms with Crippen LogP contribution in [-0.2, 0) is 11.3 Å². The zero-order valence-electron chi connectivity index (χ0n) is 21.9. The van der Waals surface area contributed by atoms with Crippen LogP contribution in [0.5, 0.6) is 5.75 Å². The van der Waals surface area contributed by atoms with Gasteiger partial charge in [-0.3, -0.25) is 0 Å². The van der Waals surface area contributed by atoms with Gasteiger partial charge in [0.1, 0.15) is 10.8 Å². The molecule has 0 aliphatic heterocycles. The third-order valence-electron chi connectivity index (χ3n) is 7.02. The minimum Gasteiger partial charge on any atom is -0.497 e. The molecule has 1 aliphatic rings. The van der Waals surface area contributed by atoms with Crippen LogP contribution in [0.4, 0.5) is 0 Å². The number of methoxy groups -OCH3 is 1. The van der Waals surface area contributed by atoms with E-state index in [1.807, 2.05) is 24.3 Å². The monoisotopic (exact) mass is 527 g/mol. The summed E-state index contributed by atoms with van der Waals surface area (Å²) in [5, 5.41) is 9.12. The smallest absolute Gasteiger partial charge is 0.361 e. The predicted molar refractivity (Wildman–Crippen MR) is 150 cm³/mol. The fourth-order valence-corrected chi connectivity index (χ4v) is 5.90. The molecule has 0 spiro atoms. The van der Waals surface area contributed by atoms with Gasteiger partial charge >= 0.3 is 5.97 Å². The largest absolute Gasteiger partial charge is 0.497 e. The van der Waals surface area contributed by atoms with Crippen molar-refractivity contribution >= 4 is 17.7 Å². The zero-order chi connectivity index (χ0) is 26.3. The molecule has 0 unspecified atom stereocenters. The van der Waals surface area contributed by atoms with Crippen molar-refractivity contribution in [1.82, 2.24) is 15.0 Å². The molecule has 38 heavy (non-hydrogen) atoms. The highest BCUT2D eigenvalue weighted by Crippen LogP contribution is 2.36. The number of aromatic nitrogens is 3. The minimum absolute atomic E-state index is 0.231. The Morgan fingerprint density at radius 1 is 0.974 bits per heavy atom. The summed E-state index contributed by atoms with van der Waals surface area (Å²) in [5.74, 6) is 1.00. The predicted octanol–water partition coefficient (Wildman–Crippen LogP) is 7.38. The van der Waals surface area contributed by atoms with Gasteiger partial charge in [0, 0.05) is 4.90 Å². The van der Waals surface area contributed by atoms with Crippen molar-refractivity contribution in [2.24, 2.45) is 0 Å². The summed E-state index contributed by atoms with van der Waals surface area (Å²) in [6.45, 7) is 2.54. The number of nitrogens with zero attached hydrogens (tertiary/aromatic N) is 3. The molecular weight excluding hydrogens is 494 g/mol. The molecule has 3 aromatic carbocycles. The number of ether oxygens (including phenoxy) is 2. The lowest BCUT2D eigenvalue weighted by Gasteiger charge is -2.22. The molecular formula is C31H33N3O3S. The Hall–Kier alpha value is -3.58. The van der Waals surface area contributed by atoms with Gasteiger partial charge in [-0.25, -0.2) is 9.48 Å². The maximum atomic E-state index is 12.6. The number of hydrogen-bond acceptors (Lipinski definition) is 6.